The molecule has 2 amide bonds. The third-order valence-electron chi connectivity index (χ3n) is 5.45. The molecule has 0 radical (unpaired) electrons. The molecule has 11 nitrogen and oxygen atoms in total. The molecule has 0 atom stereocenters. The summed E-state index contributed by atoms with van der Waals surface area (Å²) in [4.78, 5) is 25.8. The topological polar surface area (TPSA) is 192 Å². The minimum atomic E-state index is -3.67. The second kappa shape index (κ2) is 12.2. The number of nitrogens with two attached hydrogens (primary N) is 1. The number of amidine groups is 1. The summed E-state index contributed by atoms with van der Waals surface area (Å²) in [6.45, 7) is 0. The van der Waals surface area contributed by atoms with Crippen LogP contribution in [0.25, 0.3) is 21.9 Å². The first-order valence-corrected chi connectivity index (χ1v) is 13.1. The van der Waals surface area contributed by atoms with Gasteiger partial charge >= 0.3 is 0 Å². The molecular formula is C27H26N4O7S. The number of hydrogen-bond acceptors (Lipinski definition) is 7. The highest BCUT2D eigenvalue weighted by atomic mass is 32.2. The second-order valence-electron chi connectivity index (χ2n) is 8.28. The van der Waals surface area contributed by atoms with Crippen LogP contribution < -0.4 is 21.3 Å². The highest BCUT2D eigenvalue weighted by molar-refractivity contribution is 7.85. The number of benzene rings is 4. The number of fused-ring (bicyclic) bond motifs is 1. The van der Waals surface area contributed by atoms with Crippen LogP contribution in [-0.4, -0.2) is 49.2 Å². The van der Waals surface area contributed by atoms with Gasteiger partial charge in [-0.1, -0.05) is 24.3 Å². The van der Waals surface area contributed by atoms with E-state index in [4.69, 9.17) is 20.4 Å². The Morgan fingerprint density at radius 1 is 0.872 bits per heavy atom. The second-order valence-corrected chi connectivity index (χ2v) is 9.74. The molecule has 0 aliphatic heterocycles. The van der Waals surface area contributed by atoms with E-state index in [2.05, 4.69) is 5.32 Å². The van der Waals surface area contributed by atoms with E-state index < -0.39 is 16.0 Å². The van der Waals surface area contributed by atoms with Crippen molar-refractivity contribution in [3.8, 4) is 16.9 Å². The summed E-state index contributed by atoms with van der Waals surface area (Å²) in [6.07, 6.45) is 0.715. The molecular weight excluding hydrogens is 524 g/mol. The highest BCUT2D eigenvalue weighted by Gasteiger charge is 2.20. The summed E-state index contributed by atoms with van der Waals surface area (Å²) < 4.78 is 31.1. The third kappa shape index (κ3) is 7.61. The number of carbonyl (C=O) groups excluding carboxylic acids is 2. The van der Waals surface area contributed by atoms with Gasteiger partial charge in [-0.05, 0) is 76.5 Å². The number of rotatable bonds is 6. The van der Waals surface area contributed by atoms with E-state index in [-0.39, 0.29) is 17.3 Å². The molecule has 0 spiro atoms. The van der Waals surface area contributed by atoms with Crippen molar-refractivity contribution in [1.29, 1.82) is 5.41 Å². The van der Waals surface area contributed by atoms with Gasteiger partial charge in [0.1, 0.15) is 11.6 Å². The largest absolute Gasteiger partial charge is 0.497 e. The van der Waals surface area contributed by atoms with Crippen LogP contribution >= 0.6 is 0 Å². The Bertz CT molecular complexity index is 1650. The van der Waals surface area contributed by atoms with Crippen molar-refractivity contribution in [2.75, 3.05) is 18.7 Å². The van der Waals surface area contributed by atoms with Gasteiger partial charge in [0.15, 0.2) is 0 Å². The number of nitrogen functional groups attached to an aromatic ring is 1. The number of hydroxylamine groups is 1. The van der Waals surface area contributed by atoms with Crippen molar-refractivity contribution in [2.45, 2.75) is 0 Å². The zero-order valence-electron chi connectivity index (χ0n) is 20.9. The van der Waals surface area contributed by atoms with Crippen LogP contribution in [-0.2, 0) is 10.1 Å². The summed E-state index contributed by atoms with van der Waals surface area (Å²) in [7, 11) is -2.19. The fraction of sp³-hybridized carbons (Fsp3) is 0.0741. The predicted octanol–water partition coefficient (Wildman–Crippen LogP) is 3.67. The molecule has 202 valence electrons. The standard InChI is InChI=1S/C26H22N4O4.CH4O3S/c1-34-19-10-11-20(23(14-19)26(32)30-33)21-12-16-4-2-3-5-17(16)13-22(21)25(31)29-18-8-6-15(7-9-18)24(27)28;1-5(2,3)4/h2-14,33H,1H3,(H3,27,28)(H,29,31)(H,30,32);1H3,(H,2,3,4). The van der Waals surface area contributed by atoms with E-state index in [9.17, 15) is 23.2 Å². The van der Waals surface area contributed by atoms with Gasteiger partial charge in [0.05, 0.1) is 18.9 Å². The molecule has 39 heavy (non-hydrogen) atoms. The number of hydrogen-bond donors (Lipinski definition) is 6. The molecule has 7 N–H and O–H groups in total. The molecule has 0 fully saturated rings. The van der Waals surface area contributed by atoms with Gasteiger partial charge in [-0.3, -0.25) is 24.8 Å². The maximum absolute atomic E-state index is 13.4. The Morgan fingerprint density at radius 2 is 1.44 bits per heavy atom. The summed E-state index contributed by atoms with van der Waals surface area (Å²) in [6, 6.07) is 22.6. The van der Waals surface area contributed by atoms with Crippen molar-refractivity contribution in [1.82, 2.24) is 5.48 Å². The molecule has 0 heterocycles. The van der Waals surface area contributed by atoms with Crippen molar-refractivity contribution in [2.24, 2.45) is 5.73 Å². The lowest BCUT2D eigenvalue weighted by molar-refractivity contribution is 0.0706. The maximum Gasteiger partial charge on any atom is 0.275 e. The van der Waals surface area contributed by atoms with Crippen molar-refractivity contribution in [3.05, 3.63) is 95.6 Å². The number of methoxy groups -OCH3 is 1. The predicted molar refractivity (Wildman–Crippen MR) is 148 cm³/mol. The van der Waals surface area contributed by atoms with Gasteiger partial charge in [0.25, 0.3) is 21.9 Å². The minimum absolute atomic E-state index is 0.0658. The average molecular weight is 551 g/mol. The van der Waals surface area contributed by atoms with E-state index in [1.807, 2.05) is 30.3 Å². The van der Waals surface area contributed by atoms with E-state index in [1.165, 1.54) is 13.2 Å². The quantitative estimate of drug-likeness (QED) is 0.0688. The van der Waals surface area contributed by atoms with Gasteiger partial charge < -0.3 is 15.8 Å². The normalized spacial score (nSPS) is 10.7. The van der Waals surface area contributed by atoms with E-state index >= 15 is 0 Å². The molecule has 0 aromatic heterocycles. The van der Waals surface area contributed by atoms with E-state index in [1.54, 1.807) is 47.9 Å². The van der Waals surface area contributed by atoms with Crippen molar-refractivity contribution < 1.29 is 32.5 Å². The van der Waals surface area contributed by atoms with Crippen LogP contribution in [0.15, 0.2) is 78.9 Å². The summed E-state index contributed by atoms with van der Waals surface area (Å²) in [5.74, 6) is -0.751. The molecule has 0 unspecified atom stereocenters. The van der Waals surface area contributed by atoms with Crippen molar-refractivity contribution >= 4 is 44.2 Å². The lowest BCUT2D eigenvalue weighted by Crippen LogP contribution is -2.20. The summed E-state index contributed by atoms with van der Waals surface area (Å²) >= 11 is 0. The number of carbonyl (C=O) groups is 2. The van der Waals surface area contributed by atoms with Gasteiger partial charge in [-0.2, -0.15) is 8.42 Å². The first kappa shape index (κ1) is 28.8. The summed E-state index contributed by atoms with van der Waals surface area (Å²) in [5.41, 5.74) is 9.68. The van der Waals surface area contributed by atoms with Crippen LogP contribution in [0.5, 0.6) is 5.75 Å². The molecule has 12 heteroatoms. The van der Waals surface area contributed by atoms with Crippen LogP contribution in [0.2, 0.25) is 0 Å². The zero-order valence-corrected chi connectivity index (χ0v) is 21.7. The number of nitrogens with one attached hydrogen (secondary N) is 3. The molecule has 0 aliphatic carbocycles. The first-order chi connectivity index (χ1) is 18.4. The number of ether oxygens (including phenoxy) is 1. The third-order valence-corrected chi connectivity index (χ3v) is 5.45. The smallest absolute Gasteiger partial charge is 0.275 e. The van der Waals surface area contributed by atoms with E-state index in [0.29, 0.717) is 39.9 Å². The van der Waals surface area contributed by atoms with Gasteiger partial charge in [-0.15, -0.1) is 0 Å². The van der Waals surface area contributed by atoms with Gasteiger partial charge in [0, 0.05) is 16.8 Å². The summed E-state index contributed by atoms with van der Waals surface area (Å²) in [5, 5.41) is 21.4. The Kier molecular flexibility index (Phi) is 8.99. The molecule has 0 aliphatic rings. The lowest BCUT2D eigenvalue weighted by Gasteiger charge is -2.16. The zero-order chi connectivity index (χ0) is 28.7. The monoisotopic (exact) mass is 550 g/mol. The molecule has 0 saturated carbocycles. The van der Waals surface area contributed by atoms with E-state index in [0.717, 1.165) is 10.8 Å². The fourth-order valence-electron chi connectivity index (χ4n) is 3.72. The lowest BCUT2D eigenvalue weighted by atomic mass is 9.91. The Hall–Kier alpha value is -4.78. The average Bonchev–Trinajstić information content (AvgIpc) is 2.90. The molecule has 0 bridgehead atoms. The fourth-order valence-corrected chi connectivity index (χ4v) is 3.72. The molecule has 0 saturated heterocycles. The van der Waals surface area contributed by atoms with Crippen LogP contribution in [0.1, 0.15) is 26.3 Å². The first-order valence-electron chi connectivity index (χ1n) is 11.2. The van der Waals surface area contributed by atoms with Crippen LogP contribution in [0, 0.1) is 5.41 Å². The molecule has 4 rings (SSSR count). The van der Waals surface area contributed by atoms with Crippen LogP contribution in [0.4, 0.5) is 5.69 Å². The highest BCUT2D eigenvalue weighted by Crippen LogP contribution is 2.34. The van der Waals surface area contributed by atoms with Crippen molar-refractivity contribution in [3.63, 3.8) is 0 Å². The maximum atomic E-state index is 13.4. The van der Waals surface area contributed by atoms with Gasteiger partial charge in [0.2, 0.25) is 0 Å². The Labute approximate surface area is 224 Å². The number of amides is 2. The Morgan fingerprint density at radius 3 is 1.97 bits per heavy atom. The number of anilines is 1. The molecule has 4 aromatic carbocycles. The Balaban J connectivity index is 0.000000771. The minimum Gasteiger partial charge on any atom is -0.497 e. The SMILES string of the molecule is COc1ccc(-c2cc3ccccc3cc2C(=O)Nc2ccc(C(=N)N)cc2)c(C(=O)NO)c1.CS(=O)(=O)O. The van der Waals surface area contributed by atoms with Gasteiger partial charge in [-0.25, -0.2) is 5.48 Å². The molecule has 4 aromatic rings. The van der Waals surface area contributed by atoms with Crippen LogP contribution in [0.3, 0.4) is 0 Å².